The maximum Gasteiger partial charge on any atom is 0.322 e. The van der Waals surface area contributed by atoms with Gasteiger partial charge in [0.1, 0.15) is 5.69 Å². The highest BCUT2D eigenvalue weighted by molar-refractivity contribution is 7.99. The molecule has 0 saturated heterocycles. The minimum Gasteiger partial charge on any atom is -0.349 e. The molecule has 8 heteroatoms. The third-order valence-electron chi connectivity index (χ3n) is 3.85. The summed E-state index contributed by atoms with van der Waals surface area (Å²) in [5.41, 5.74) is 2.36. The fourth-order valence-electron chi connectivity index (χ4n) is 2.72. The Labute approximate surface area is 137 Å². The van der Waals surface area contributed by atoms with Gasteiger partial charge < -0.3 is 5.32 Å². The van der Waals surface area contributed by atoms with Crippen LogP contribution in [0.3, 0.4) is 0 Å². The van der Waals surface area contributed by atoms with Crippen LogP contribution in [0.1, 0.15) is 32.6 Å². The first-order valence-electron chi connectivity index (χ1n) is 7.25. The first-order valence-corrected chi connectivity index (χ1v) is 8.29. The van der Waals surface area contributed by atoms with Crippen LogP contribution >= 0.6 is 11.8 Å². The quantitative estimate of drug-likeness (QED) is 0.661. The Morgan fingerprint density at radius 2 is 2.30 bits per heavy atom. The van der Waals surface area contributed by atoms with Gasteiger partial charge in [-0.25, -0.2) is 0 Å². The summed E-state index contributed by atoms with van der Waals surface area (Å²) in [4.78, 5) is 22.7. The Hall–Kier alpha value is -2.35. The number of H-pyrrole nitrogens is 1. The Morgan fingerprint density at radius 1 is 1.52 bits per heavy atom. The van der Waals surface area contributed by atoms with Gasteiger partial charge >= 0.3 is 5.69 Å². The van der Waals surface area contributed by atoms with Crippen molar-refractivity contribution >= 4 is 23.4 Å². The number of rotatable bonds is 4. The zero-order chi connectivity index (χ0) is 16.4. The molecule has 23 heavy (non-hydrogen) atoms. The molecule has 0 aliphatic carbocycles. The molecule has 0 fully saturated rings. The average Bonchev–Trinajstić information content (AvgIpc) is 2.94. The Kier molecular flexibility index (Phi) is 4.33. The predicted octanol–water partition coefficient (Wildman–Crippen LogP) is 2.39. The van der Waals surface area contributed by atoms with Gasteiger partial charge in [-0.1, -0.05) is 24.3 Å². The van der Waals surface area contributed by atoms with Crippen molar-refractivity contribution in [3.05, 3.63) is 56.9 Å². The van der Waals surface area contributed by atoms with Crippen LogP contribution < -0.4 is 5.32 Å². The smallest absolute Gasteiger partial charge is 0.322 e. The number of hydrogen-bond donors (Lipinski definition) is 2. The van der Waals surface area contributed by atoms with Gasteiger partial charge in [0, 0.05) is 11.8 Å². The molecule has 1 aliphatic rings. The SMILES string of the molecule is Cc1[nH]nc(C(=O)NC[C@H]2SCCc3ccccc32)c1[N+](=O)[O-]. The van der Waals surface area contributed by atoms with E-state index in [0.717, 1.165) is 12.2 Å². The molecule has 2 N–H and O–H groups in total. The van der Waals surface area contributed by atoms with Gasteiger partial charge in [-0.3, -0.25) is 20.0 Å². The maximum absolute atomic E-state index is 12.2. The normalized spacial score (nSPS) is 16.7. The van der Waals surface area contributed by atoms with Crippen LogP contribution in [0.5, 0.6) is 0 Å². The number of benzene rings is 1. The first kappa shape index (κ1) is 15.5. The molecule has 0 radical (unpaired) electrons. The predicted molar refractivity (Wildman–Crippen MR) is 87.7 cm³/mol. The second-order valence-corrected chi connectivity index (χ2v) is 6.63. The van der Waals surface area contributed by atoms with Crippen LogP contribution in [0.4, 0.5) is 5.69 Å². The molecule has 0 spiro atoms. The highest BCUT2D eigenvalue weighted by atomic mass is 32.2. The van der Waals surface area contributed by atoms with Crippen LogP contribution in [0.25, 0.3) is 0 Å². The van der Waals surface area contributed by atoms with E-state index in [2.05, 4.69) is 27.6 Å². The molecule has 2 heterocycles. The molecule has 7 nitrogen and oxygen atoms in total. The number of aromatic nitrogens is 2. The number of thioether (sulfide) groups is 1. The van der Waals surface area contributed by atoms with Gasteiger partial charge in [0.2, 0.25) is 5.69 Å². The number of carbonyl (C=O) groups is 1. The highest BCUT2D eigenvalue weighted by Crippen LogP contribution is 2.36. The second kappa shape index (κ2) is 6.41. The summed E-state index contributed by atoms with van der Waals surface area (Å²) in [5.74, 6) is 0.476. The zero-order valence-electron chi connectivity index (χ0n) is 12.5. The lowest BCUT2D eigenvalue weighted by molar-refractivity contribution is -0.385. The number of hydrogen-bond acceptors (Lipinski definition) is 5. The third kappa shape index (κ3) is 3.07. The van der Waals surface area contributed by atoms with E-state index in [1.54, 1.807) is 11.8 Å². The summed E-state index contributed by atoms with van der Waals surface area (Å²) < 4.78 is 0. The van der Waals surface area contributed by atoms with E-state index in [4.69, 9.17) is 0 Å². The summed E-state index contributed by atoms with van der Waals surface area (Å²) in [6.45, 7) is 1.94. The molecular formula is C15H16N4O3S. The number of fused-ring (bicyclic) bond motifs is 1. The van der Waals surface area contributed by atoms with Crippen molar-refractivity contribution in [2.24, 2.45) is 0 Å². The lowest BCUT2D eigenvalue weighted by Gasteiger charge is -2.25. The number of aromatic amines is 1. The monoisotopic (exact) mass is 332 g/mol. The number of nitro groups is 1. The van der Waals surface area contributed by atoms with Gasteiger partial charge in [-0.15, -0.1) is 0 Å². The van der Waals surface area contributed by atoms with Gasteiger partial charge in [-0.2, -0.15) is 16.9 Å². The van der Waals surface area contributed by atoms with Crippen molar-refractivity contribution in [2.75, 3.05) is 12.3 Å². The average molecular weight is 332 g/mol. The molecule has 1 aliphatic heterocycles. The molecule has 1 aromatic carbocycles. The van der Waals surface area contributed by atoms with Crippen LogP contribution in [-0.4, -0.2) is 33.3 Å². The lowest BCUT2D eigenvalue weighted by atomic mass is 10.0. The number of nitrogens with zero attached hydrogens (tertiary/aromatic N) is 2. The third-order valence-corrected chi connectivity index (χ3v) is 5.12. The van der Waals surface area contributed by atoms with Crippen molar-refractivity contribution in [3.63, 3.8) is 0 Å². The fraction of sp³-hybridized carbons (Fsp3) is 0.333. The summed E-state index contributed by atoms with van der Waals surface area (Å²) in [7, 11) is 0. The highest BCUT2D eigenvalue weighted by Gasteiger charge is 2.28. The molecule has 0 bridgehead atoms. The topological polar surface area (TPSA) is 101 Å². The number of amides is 1. The van der Waals surface area contributed by atoms with Crippen LogP contribution in [0, 0.1) is 17.0 Å². The zero-order valence-corrected chi connectivity index (χ0v) is 13.4. The number of nitrogens with one attached hydrogen (secondary N) is 2. The van der Waals surface area contributed by atoms with E-state index >= 15 is 0 Å². The van der Waals surface area contributed by atoms with Gasteiger partial charge in [-0.05, 0) is 30.2 Å². The van der Waals surface area contributed by atoms with E-state index in [0.29, 0.717) is 6.54 Å². The minimum atomic E-state index is -0.585. The summed E-state index contributed by atoms with van der Waals surface area (Å²) in [6.07, 6.45) is 1.02. The van der Waals surface area contributed by atoms with E-state index in [9.17, 15) is 14.9 Å². The van der Waals surface area contributed by atoms with Crippen molar-refractivity contribution in [1.29, 1.82) is 0 Å². The van der Waals surface area contributed by atoms with Crippen LogP contribution in [-0.2, 0) is 6.42 Å². The number of carbonyl (C=O) groups excluding carboxylic acids is 1. The lowest BCUT2D eigenvalue weighted by Crippen LogP contribution is -2.29. The molecule has 1 amide bonds. The summed E-state index contributed by atoms with van der Waals surface area (Å²) in [6, 6.07) is 8.17. The summed E-state index contributed by atoms with van der Waals surface area (Å²) >= 11 is 1.78. The van der Waals surface area contributed by atoms with Crippen LogP contribution in [0.2, 0.25) is 0 Å². The largest absolute Gasteiger partial charge is 0.349 e. The van der Waals surface area contributed by atoms with Crippen molar-refractivity contribution in [1.82, 2.24) is 15.5 Å². The van der Waals surface area contributed by atoms with Gasteiger partial charge in [0.05, 0.1) is 4.92 Å². The molecule has 0 saturated carbocycles. The van der Waals surface area contributed by atoms with E-state index < -0.39 is 10.8 Å². The van der Waals surface area contributed by atoms with Crippen LogP contribution in [0.15, 0.2) is 24.3 Å². The minimum absolute atomic E-state index is 0.156. The van der Waals surface area contributed by atoms with Gasteiger partial charge in [0.15, 0.2) is 0 Å². The fourth-order valence-corrected chi connectivity index (χ4v) is 3.95. The Balaban J connectivity index is 1.72. The van der Waals surface area contributed by atoms with E-state index in [1.807, 2.05) is 12.1 Å². The van der Waals surface area contributed by atoms with Gasteiger partial charge in [0.25, 0.3) is 5.91 Å². The molecule has 1 aromatic heterocycles. The molecule has 1 atom stereocenters. The van der Waals surface area contributed by atoms with Crippen molar-refractivity contribution in [2.45, 2.75) is 18.6 Å². The molecule has 3 rings (SSSR count). The Bertz CT molecular complexity index is 759. The standard InChI is InChI=1S/C15H16N4O3S/c1-9-14(19(21)22)13(18-17-9)15(20)16-8-12-11-5-3-2-4-10(11)6-7-23-12/h2-5,12H,6-8H2,1H3,(H,16,20)(H,17,18)/t12-/m1/s1. The molecule has 120 valence electrons. The molecule has 0 unspecified atom stereocenters. The first-order chi connectivity index (χ1) is 11.1. The molecular weight excluding hydrogens is 316 g/mol. The second-order valence-electron chi connectivity index (χ2n) is 5.32. The van der Waals surface area contributed by atoms with E-state index in [1.165, 1.54) is 18.1 Å². The van der Waals surface area contributed by atoms with Crippen molar-refractivity contribution < 1.29 is 9.72 Å². The summed E-state index contributed by atoms with van der Waals surface area (Å²) in [5, 5.41) is 20.2. The number of aryl methyl sites for hydroxylation is 2. The Morgan fingerprint density at radius 3 is 3.09 bits per heavy atom. The molecule has 2 aromatic rings. The van der Waals surface area contributed by atoms with Crippen molar-refractivity contribution in [3.8, 4) is 0 Å². The maximum atomic E-state index is 12.2. The van der Waals surface area contributed by atoms with E-state index in [-0.39, 0.29) is 22.3 Å².